The van der Waals surface area contributed by atoms with Crippen molar-refractivity contribution in [1.82, 2.24) is 19.9 Å². The minimum absolute atomic E-state index is 0.577. The lowest BCUT2D eigenvalue weighted by atomic mass is 10.3. The van der Waals surface area contributed by atoms with Crippen LogP contribution in [0.15, 0.2) is 140 Å². The van der Waals surface area contributed by atoms with Crippen LogP contribution >= 0.6 is 0 Å². The van der Waals surface area contributed by atoms with E-state index in [1.165, 1.54) is 21.9 Å². The summed E-state index contributed by atoms with van der Waals surface area (Å²) < 4.78 is 2.41. The fourth-order valence-electron chi connectivity index (χ4n) is 4.87. The van der Waals surface area contributed by atoms with Crippen LogP contribution in [0.25, 0.3) is 11.2 Å². The van der Waals surface area contributed by atoms with Gasteiger partial charge in [0.25, 0.3) is 8.24 Å². The van der Waals surface area contributed by atoms with Gasteiger partial charge in [-0.2, -0.15) is 0 Å². The topological polar surface area (TPSA) is 54.8 Å². The largest absolute Gasteiger partial charge is 0.340 e. The van der Waals surface area contributed by atoms with Crippen molar-refractivity contribution in [1.29, 1.82) is 0 Å². The summed E-state index contributed by atoms with van der Waals surface area (Å²) in [5.41, 5.74) is 2.28. The van der Waals surface area contributed by atoms with Crippen molar-refractivity contribution in [2.24, 2.45) is 0 Å². The molecule has 0 aliphatic rings. The maximum absolute atomic E-state index is 5.07. The molecule has 0 saturated heterocycles. The first kappa shape index (κ1) is 21.8. The van der Waals surface area contributed by atoms with Crippen molar-refractivity contribution in [2.45, 2.75) is 0 Å². The summed E-state index contributed by atoms with van der Waals surface area (Å²) in [7, 11) is -2.93. The number of anilines is 2. The summed E-state index contributed by atoms with van der Waals surface area (Å²) in [4.78, 5) is 18.3. The molecule has 172 valence electrons. The van der Waals surface area contributed by atoms with Gasteiger partial charge >= 0.3 is 0 Å². The van der Waals surface area contributed by atoms with Crippen LogP contribution in [-0.4, -0.2) is 28.2 Å². The lowest BCUT2D eigenvalue weighted by Crippen LogP contribution is -2.76. The number of fused-ring (bicyclic) bond motifs is 1. The fourth-order valence-corrected chi connectivity index (χ4v) is 9.66. The van der Waals surface area contributed by atoms with Crippen LogP contribution in [0.5, 0.6) is 0 Å². The predicted molar refractivity (Wildman–Crippen MR) is 148 cm³/mol. The molecule has 0 radical (unpaired) electrons. The Bertz CT molecular complexity index is 1480. The Labute approximate surface area is 210 Å². The van der Waals surface area contributed by atoms with Gasteiger partial charge < -0.3 is 4.57 Å². The van der Waals surface area contributed by atoms with Crippen molar-refractivity contribution in [3.05, 3.63) is 140 Å². The van der Waals surface area contributed by atoms with Crippen molar-refractivity contribution in [3.63, 3.8) is 0 Å². The van der Waals surface area contributed by atoms with Crippen LogP contribution in [-0.2, 0) is 0 Å². The average molecular weight is 482 g/mol. The molecule has 0 unspecified atom stereocenters. The molecule has 5 nitrogen and oxygen atoms in total. The molecule has 0 fully saturated rings. The van der Waals surface area contributed by atoms with Crippen LogP contribution in [0.3, 0.4) is 0 Å². The summed E-state index contributed by atoms with van der Waals surface area (Å²) in [6.45, 7) is 0. The minimum atomic E-state index is -2.93. The van der Waals surface area contributed by atoms with E-state index in [0.29, 0.717) is 11.2 Å². The van der Waals surface area contributed by atoms with Crippen LogP contribution < -0.4 is 20.1 Å². The van der Waals surface area contributed by atoms with Gasteiger partial charge in [0.05, 0.1) is 12.4 Å². The van der Waals surface area contributed by atoms with Gasteiger partial charge in [-0.15, -0.1) is 0 Å². The summed E-state index contributed by atoms with van der Waals surface area (Å²) in [5.74, 6) is 0.756. The van der Waals surface area contributed by atoms with Gasteiger partial charge in [0.15, 0.2) is 5.65 Å². The first-order chi connectivity index (χ1) is 17.9. The van der Waals surface area contributed by atoms with Gasteiger partial charge in [-0.05, 0) is 27.7 Å². The fraction of sp³-hybridized carbons (Fsp3) is 0. The van der Waals surface area contributed by atoms with E-state index in [-0.39, 0.29) is 0 Å². The van der Waals surface area contributed by atoms with E-state index in [1.807, 2.05) is 12.3 Å². The molecule has 6 aromatic rings. The number of rotatable bonds is 6. The zero-order chi connectivity index (χ0) is 24.2. The first-order valence-electron chi connectivity index (χ1n) is 11.8. The molecule has 0 aliphatic carbocycles. The van der Waals surface area contributed by atoms with Crippen molar-refractivity contribution in [3.8, 4) is 0 Å². The van der Waals surface area contributed by atoms with Crippen molar-refractivity contribution < 1.29 is 0 Å². The summed E-state index contributed by atoms with van der Waals surface area (Å²) >= 11 is 0. The molecule has 0 aliphatic heterocycles. The standard InChI is InChI=1S/C30H23N5Si/c1-5-13-24(14-6-1)35(29-22-32-30-28(34-29)21-31-23-33-30)36(25-15-7-2-8-16-25,26-17-9-3-10-18-26)27-19-11-4-12-20-27/h1-23H. The minimum Gasteiger partial charge on any atom is -0.340 e. The lowest BCUT2D eigenvalue weighted by Gasteiger charge is -2.44. The third-order valence-electron chi connectivity index (χ3n) is 6.36. The number of aromatic nitrogens is 4. The normalized spacial score (nSPS) is 11.3. The number of hydrogen-bond donors (Lipinski definition) is 0. The second kappa shape index (κ2) is 9.52. The SMILES string of the molecule is c1ccc(N(c2cnc3ncncc3n2)[Si](c2ccccc2)(c2ccccc2)c2ccccc2)cc1. The van der Waals surface area contributed by atoms with E-state index in [9.17, 15) is 0 Å². The zero-order valence-corrected chi connectivity index (χ0v) is 20.5. The molecule has 6 heteroatoms. The first-order valence-corrected chi connectivity index (χ1v) is 13.8. The maximum Gasteiger partial charge on any atom is 0.259 e. The molecular formula is C30H23N5Si. The Morgan fingerprint density at radius 1 is 0.528 bits per heavy atom. The van der Waals surface area contributed by atoms with Gasteiger partial charge in [0, 0.05) is 5.69 Å². The lowest BCUT2D eigenvalue weighted by molar-refractivity contribution is 1.13. The quantitative estimate of drug-likeness (QED) is 0.263. The van der Waals surface area contributed by atoms with Gasteiger partial charge in [-0.1, -0.05) is 109 Å². The molecule has 2 heterocycles. The van der Waals surface area contributed by atoms with E-state index in [4.69, 9.17) is 4.98 Å². The highest BCUT2D eigenvalue weighted by atomic mass is 28.3. The van der Waals surface area contributed by atoms with E-state index in [0.717, 1.165) is 11.5 Å². The van der Waals surface area contributed by atoms with Crippen LogP contribution in [0, 0.1) is 0 Å². The molecule has 36 heavy (non-hydrogen) atoms. The zero-order valence-electron chi connectivity index (χ0n) is 19.5. The third kappa shape index (κ3) is 3.74. The molecule has 4 aromatic carbocycles. The highest BCUT2D eigenvalue weighted by Gasteiger charge is 2.47. The van der Waals surface area contributed by atoms with Gasteiger partial charge in [0.2, 0.25) is 0 Å². The Kier molecular flexibility index (Phi) is 5.77. The number of benzene rings is 4. The number of hydrogen-bond acceptors (Lipinski definition) is 5. The second-order valence-corrected chi connectivity index (χ2v) is 12.0. The molecule has 0 atom stereocenters. The maximum atomic E-state index is 5.07. The molecule has 0 spiro atoms. The Morgan fingerprint density at radius 2 is 1.03 bits per heavy atom. The van der Waals surface area contributed by atoms with Gasteiger partial charge in [0.1, 0.15) is 17.7 Å². The molecule has 0 bridgehead atoms. The Balaban J connectivity index is 1.76. The number of para-hydroxylation sites is 1. The Morgan fingerprint density at radius 3 is 1.56 bits per heavy atom. The van der Waals surface area contributed by atoms with E-state index < -0.39 is 8.24 Å². The Hall–Kier alpha value is -4.68. The van der Waals surface area contributed by atoms with Gasteiger partial charge in [-0.3, -0.25) is 0 Å². The summed E-state index contributed by atoms with van der Waals surface area (Å²) in [5, 5.41) is 3.74. The number of nitrogens with zero attached hydrogens (tertiary/aromatic N) is 5. The molecule has 0 saturated carbocycles. The molecule has 2 aromatic heterocycles. The molecular weight excluding hydrogens is 458 g/mol. The molecule has 0 amide bonds. The van der Waals surface area contributed by atoms with Crippen LogP contribution in [0.1, 0.15) is 0 Å². The van der Waals surface area contributed by atoms with Gasteiger partial charge in [-0.25, -0.2) is 19.9 Å². The third-order valence-corrected chi connectivity index (χ3v) is 11.0. The van der Waals surface area contributed by atoms with E-state index in [2.05, 4.69) is 135 Å². The van der Waals surface area contributed by atoms with E-state index in [1.54, 1.807) is 6.20 Å². The highest BCUT2D eigenvalue weighted by Crippen LogP contribution is 2.30. The van der Waals surface area contributed by atoms with E-state index >= 15 is 0 Å². The van der Waals surface area contributed by atoms with Crippen LogP contribution in [0.4, 0.5) is 11.5 Å². The summed E-state index contributed by atoms with van der Waals surface area (Å²) in [6, 6.07) is 42.8. The van der Waals surface area contributed by atoms with Crippen LogP contribution in [0.2, 0.25) is 0 Å². The average Bonchev–Trinajstić information content (AvgIpc) is 2.97. The predicted octanol–water partition coefficient (Wildman–Crippen LogP) is 4.23. The molecule has 6 rings (SSSR count). The molecule has 0 N–H and O–H groups in total. The smallest absolute Gasteiger partial charge is 0.259 e. The second-order valence-electron chi connectivity index (χ2n) is 8.44. The van der Waals surface area contributed by atoms with Crippen molar-refractivity contribution in [2.75, 3.05) is 4.57 Å². The summed E-state index contributed by atoms with van der Waals surface area (Å²) in [6.07, 6.45) is 5.06. The van der Waals surface area contributed by atoms with Crippen molar-refractivity contribution >= 4 is 46.5 Å². The monoisotopic (exact) mass is 481 g/mol. The highest BCUT2D eigenvalue weighted by molar-refractivity contribution is 7.14.